The second-order valence-electron chi connectivity index (χ2n) is 3.90. The van der Waals surface area contributed by atoms with E-state index in [2.05, 4.69) is 0 Å². The number of likely N-dealkylation sites (N-methyl/N-ethyl adjacent to an activating group) is 1. The van der Waals surface area contributed by atoms with Gasteiger partial charge in [0.2, 0.25) is 0 Å². The predicted molar refractivity (Wildman–Crippen MR) is 70.5 cm³/mol. The maximum atomic E-state index is 13.2. The lowest BCUT2D eigenvalue weighted by molar-refractivity contribution is 0.158. The minimum atomic E-state index is -0.278. The first kappa shape index (κ1) is 14.0. The van der Waals surface area contributed by atoms with E-state index in [1.54, 1.807) is 13.2 Å². The van der Waals surface area contributed by atoms with Crippen LogP contribution < -0.4 is 5.73 Å². The highest BCUT2D eigenvalue weighted by Crippen LogP contribution is 2.13. The van der Waals surface area contributed by atoms with Gasteiger partial charge in [-0.15, -0.1) is 0 Å². The number of hydrogen-bond donors (Lipinski definition) is 1. The predicted octanol–water partition coefficient (Wildman–Crippen LogP) is 1.54. The lowest BCUT2D eigenvalue weighted by Gasteiger charge is -2.18. The van der Waals surface area contributed by atoms with Crippen LogP contribution in [-0.2, 0) is 11.3 Å². The molecule has 0 heterocycles. The lowest BCUT2D eigenvalue weighted by Crippen LogP contribution is -2.24. The fourth-order valence-electron chi connectivity index (χ4n) is 1.55. The van der Waals surface area contributed by atoms with E-state index in [4.69, 9.17) is 22.7 Å². The van der Waals surface area contributed by atoms with Gasteiger partial charge in [-0.3, -0.25) is 4.90 Å². The van der Waals surface area contributed by atoms with Gasteiger partial charge in [0.25, 0.3) is 0 Å². The molecule has 0 bridgehead atoms. The highest BCUT2D eigenvalue weighted by Gasteiger charge is 2.09. The molecule has 0 saturated heterocycles. The van der Waals surface area contributed by atoms with Crippen LogP contribution in [0.2, 0.25) is 0 Å². The highest BCUT2D eigenvalue weighted by atomic mass is 32.1. The van der Waals surface area contributed by atoms with Crippen LogP contribution in [0.4, 0.5) is 4.39 Å². The number of rotatable bonds is 6. The van der Waals surface area contributed by atoms with Crippen LogP contribution in [0.3, 0.4) is 0 Å². The first-order valence-corrected chi connectivity index (χ1v) is 5.71. The van der Waals surface area contributed by atoms with E-state index in [9.17, 15) is 4.39 Å². The molecule has 0 saturated carbocycles. The smallest absolute Gasteiger partial charge is 0.123 e. The van der Waals surface area contributed by atoms with Crippen LogP contribution in [0.1, 0.15) is 11.1 Å². The molecule has 3 nitrogen and oxygen atoms in total. The molecule has 1 rings (SSSR count). The van der Waals surface area contributed by atoms with Gasteiger partial charge in [-0.05, 0) is 30.8 Å². The van der Waals surface area contributed by atoms with Crippen molar-refractivity contribution in [1.82, 2.24) is 4.90 Å². The molecule has 94 valence electrons. The van der Waals surface area contributed by atoms with Crippen molar-refractivity contribution in [2.75, 3.05) is 27.3 Å². The molecule has 2 N–H and O–H groups in total. The van der Waals surface area contributed by atoms with Crippen LogP contribution in [0.15, 0.2) is 18.2 Å². The number of nitrogens with zero attached hydrogens (tertiary/aromatic N) is 1. The zero-order valence-electron chi connectivity index (χ0n) is 10.1. The molecule has 0 unspecified atom stereocenters. The van der Waals surface area contributed by atoms with Gasteiger partial charge in [0.05, 0.1) is 6.61 Å². The lowest BCUT2D eigenvalue weighted by atomic mass is 10.1. The first-order chi connectivity index (χ1) is 8.04. The van der Waals surface area contributed by atoms with Crippen molar-refractivity contribution < 1.29 is 9.13 Å². The summed E-state index contributed by atoms with van der Waals surface area (Å²) in [5.74, 6) is -0.278. The van der Waals surface area contributed by atoms with Gasteiger partial charge in [-0.25, -0.2) is 4.39 Å². The van der Waals surface area contributed by atoms with Gasteiger partial charge < -0.3 is 10.5 Å². The SMILES string of the molecule is COCCN(C)Cc1cc(F)ccc1C(N)=S. The molecule has 0 amide bonds. The van der Waals surface area contributed by atoms with Gasteiger partial charge in [0, 0.05) is 25.8 Å². The van der Waals surface area contributed by atoms with E-state index >= 15 is 0 Å². The van der Waals surface area contributed by atoms with E-state index in [1.165, 1.54) is 12.1 Å². The number of ether oxygens (including phenoxy) is 1. The quantitative estimate of drug-likeness (QED) is 0.784. The fraction of sp³-hybridized carbons (Fsp3) is 0.417. The Hall–Kier alpha value is -1.04. The van der Waals surface area contributed by atoms with Crippen molar-refractivity contribution in [2.24, 2.45) is 5.73 Å². The van der Waals surface area contributed by atoms with E-state index in [-0.39, 0.29) is 5.82 Å². The molecule has 0 spiro atoms. The summed E-state index contributed by atoms with van der Waals surface area (Å²) >= 11 is 4.95. The normalized spacial score (nSPS) is 10.8. The summed E-state index contributed by atoms with van der Waals surface area (Å²) in [6.45, 7) is 1.99. The van der Waals surface area contributed by atoms with Crippen molar-refractivity contribution in [1.29, 1.82) is 0 Å². The number of nitrogens with two attached hydrogens (primary N) is 1. The summed E-state index contributed by atoms with van der Waals surface area (Å²) in [5, 5.41) is 0. The van der Waals surface area contributed by atoms with E-state index < -0.39 is 0 Å². The zero-order chi connectivity index (χ0) is 12.8. The van der Waals surface area contributed by atoms with Crippen molar-refractivity contribution in [3.63, 3.8) is 0 Å². The average Bonchev–Trinajstić information content (AvgIpc) is 2.26. The number of methoxy groups -OCH3 is 1. The second kappa shape index (κ2) is 6.64. The molecular formula is C12H17FN2OS. The Morgan fingerprint density at radius 2 is 2.24 bits per heavy atom. The number of halogens is 1. The van der Waals surface area contributed by atoms with Gasteiger partial charge in [0.15, 0.2) is 0 Å². The average molecular weight is 256 g/mol. The Morgan fingerprint density at radius 3 is 2.82 bits per heavy atom. The molecule has 17 heavy (non-hydrogen) atoms. The summed E-state index contributed by atoms with van der Waals surface area (Å²) in [6, 6.07) is 4.46. The summed E-state index contributed by atoms with van der Waals surface area (Å²) in [7, 11) is 3.59. The second-order valence-corrected chi connectivity index (χ2v) is 4.34. The zero-order valence-corrected chi connectivity index (χ0v) is 10.9. The molecular weight excluding hydrogens is 239 g/mol. The fourth-order valence-corrected chi connectivity index (χ4v) is 1.75. The standard InChI is InChI=1S/C12H17FN2OS/c1-15(5-6-16-2)8-9-7-10(13)3-4-11(9)12(14)17/h3-4,7H,5-6,8H2,1-2H3,(H2,14,17). The number of benzene rings is 1. The van der Waals surface area contributed by atoms with Crippen molar-refractivity contribution in [3.8, 4) is 0 Å². The van der Waals surface area contributed by atoms with Gasteiger partial charge in [-0.2, -0.15) is 0 Å². The van der Waals surface area contributed by atoms with Gasteiger partial charge in [-0.1, -0.05) is 12.2 Å². The van der Waals surface area contributed by atoms with Gasteiger partial charge in [0.1, 0.15) is 10.8 Å². The van der Waals surface area contributed by atoms with Crippen LogP contribution >= 0.6 is 12.2 Å². The van der Waals surface area contributed by atoms with Crippen molar-refractivity contribution >= 4 is 17.2 Å². The maximum Gasteiger partial charge on any atom is 0.123 e. The molecule has 0 fully saturated rings. The first-order valence-electron chi connectivity index (χ1n) is 5.30. The molecule has 0 aliphatic heterocycles. The third kappa shape index (κ3) is 4.38. The van der Waals surface area contributed by atoms with Crippen LogP contribution in [0.5, 0.6) is 0 Å². The van der Waals surface area contributed by atoms with Crippen molar-refractivity contribution in [2.45, 2.75) is 6.54 Å². The van der Waals surface area contributed by atoms with Crippen LogP contribution in [-0.4, -0.2) is 37.2 Å². The monoisotopic (exact) mass is 256 g/mol. The molecule has 0 aliphatic rings. The molecule has 0 aliphatic carbocycles. The Labute approximate surface area is 106 Å². The Bertz CT molecular complexity index is 398. The Kier molecular flexibility index (Phi) is 5.47. The third-order valence-electron chi connectivity index (χ3n) is 2.45. The van der Waals surface area contributed by atoms with Crippen LogP contribution in [0.25, 0.3) is 0 Å². The Balaban J connectivity index is 2.81. The summed E-state index contributed by atoms with van der Waals surface area (Å²) < 4.78 is 18.2. The molecule has 0 aromatic heterocycles. The van der Waals surface area contributed by atoms with E-state index in [0.717, 1.165) is 17.7 Å². The minimum absolute atomic E-state index is 0.278. The minimum Gasteiger partial charge on any atom is -0.389 e. The Morgan fingerprint density at radius 1 is 1.53 bits per heavy atom. The molecule has 1 aromatic carbocycles. The summed E-state index contributed by atoms with van der Waals surface area (Å²) in [5.41, 5.74) is 7.14. The largest absolute Gasteiger partial charge is 0.389 e. The highest BCUT2D eigenvalue weighted by molar-refractivity contribution is 7.80. The van der Waals surface area contributed by atoms with Crippen molar-refractivity contribution in [3.05, 3.63) is 35.1 Å². The van der Waals surface area contributed by atoms with E-state index in [1.807, 2.05) is 11.9 Å². The maximum absolute atomic E-state index is 13.2. The van der Waals surface area contributed by atoms with E-state index in [0.29, 0.717) is 18.1 Å². The van der Waals surface area contributed by atoms with Gasteiger partial charge >= 0.3 is 0 Å². The molecule has 1 aromatic rings. The molecule has 0 atom stereocenters. The summed E-state index contributed by atoms with van der Waals surface area (Å²) in [6.07, 6.45) is 0. The third-order valence-corrected chi connectivity index (χ3v) is 2.67. The van der Waals surface area contributed by atoms with Crippen LogP contribution in [0, 0.1) is 5.82 Å². The summed E-state index contributed by atoms with van der Waals surface area (Å²) in [4.78, 5) is 2.32. The molecule has 0 radical (unpaired) electrons. The molecule has 5 heteroatoms. The topological polar surface area (TPSA) is 38.5 Å². The number of hydrogen-bond acceptors (Lipinski definition) is 3. The number of thiocarbonyl (C=S) groups is 1.